The number of hydrogen-bond acceptors (Lipinski definition) is 4. The molecule has 1 atom stereocenters. The van der Waals surface area contributed by atoms with Gasteiger partial charge in [0.05, 0.1) is 7.11 Å². The number of carbonyl (C=O) groups is 1. The first kappa shape index (κ1) is 21.2. The smallest absolute Gasteiger partial charge is 0.261 e. The molecule has 3 rings (SSSR count). The minimum atomic E-state index is -0.527. The summed E-state index contributed by atoms with van der Waals surface area (Å²) in [6.07, 6.45) is 4.04. The van der Waals surface area contributed by atoms with Gasteiger partial charge in [0.2, 0.25) is 0 Å². The summed E-state index contributed by atoms with van der Waals surface area (Å²) < 4.78 is 11.1. The van der Waals surface area contributed by atoms with Crippen LogP contribution in [0.2, 0.25) is 0 Å². The average molecular weight is 397 g/mol. The van der Waals surface area contributed by atoms with Gasteiger partial charge in [-0.15, -0.1) is 0 Å². The Kier molecular flexibility index (Phi) is 7.94. The number of methoxy groups -OCH3 is 1. The molecule has 1 saturated heterocycles. The quantitative estimate of drug-likeness (QED) is 0.692. The van der Waals surface area contributed by atoms with Crippen molar-refractivity contribution in [1.82, 2.24) is 10.2 Å². The molecule has 0 unspecified atom stereocenters. The van der Waals surface area contributed by atoms with Crippen LogP contribution in [0.25, 0.3) is 0 Å². The Balaban J connectivity index is 1.49. The molecule has 1 heterocycles. The van der Waals surface area contributed by atoms with Gasteiger partial charge in [-0.25, -0.2) is 0 Å². The highest BCUT2D eigenvalue weighted by molar-refractivity contribution is 5.81. The zero-order valence-electron chi connectivity index (χ0n) is 17.5. The second-order valence-electron chi connectivity index (χ2n) is 7.56. The van der Waals surface area contributed by atoms with Crippen LogP contribution in [-0.2, 0) is 17.9 Å². The van der Waals surface area contributed by atoms with E-state index in [0.29, 0.717) is 24.5 Å². The lowest BCUT2D eigenvalue weighted by Gasteiger charge is -2.26. The van der Waals surface area contributed by atoms with Crippen LogP contribution in [-0.4, -0.2) is 37.1 Å². The number of piperidine rings is 1. The van der Waals surface area contributed by atoms with Gasteiger partial charge in [-0.2, -0.15) is 0 Å². The number of amides is 1. The van der Waals surface area contributed by atoms with Gasteiger partial charge >= 0.3 is 0 Å². The fourth-order valence-electron chi connectivity index (χ4n) is 3.60. The van der Waals surface area contributed by atoms with Crippen molar-refractivity contribution in [3.63, 3.8) is 0 Å². The number of nitrogens with one attached hydrogen (secondary N) is 1. The minimum absolute atomic E-state index is 0.104. The van der Waals surface area contributed by atoms with Crippen LogP contribution in [0.1, 0.15) is 43.7 Å². The molecule has 0 aliphatic carbocycles. The molecule has 1 aliphatic heterocycles. The monoisotopic (exact) mass is 396 g/mol. The summed E-state index contributed by atoms with van der Waals surface area (Å²) in [5.74, 6) is 1.24. The molecular formula is C24H32N2O3. The Hall–Kier alpha value is -2.53. The summed E-state index contributed by atoms with van der Waals surface area (Å²) in [5, 5.41) is 2.99. The van der Waals surface area contributed by atoms with Crippen molar-refractivity contribution in [3.05, 3.63) is 59.7 Å². The van der Waals surface area contributed by atoms with Crippen molar-refractivity contribution < 1.29 is 14.3 Å². The van der Waals surface area contributed by atoms with E-state index in [2.05, 4.69) is 34.5 Å². The Morgan fingerprint density at radius 1 is 1.03 bits per heavy atom. The Morgan fingerprint density at radius 3 is 2.41 bits per heavy atom. The Bertz CT molecular complexity index is 770. The van der Waals surface area contributed by atoms with Gasteiger partial charge in [0.1, 0.15) is 11.5 Å². The van der Waals surface area contributed by atoms with E-state index >= 15 is 0 Å². The van der Waals surface area contributed by atoms with Crippen molar-refractivity contribution in [2.45, 2.75) is 51.8 Å². The van der Waals surface area contributed by atoms with Crippen LogP contribution >= 0.6 is 0 Å². The van der Waals surface area contributed by atoms with E-state index in [4.69, 9.17) is 9.47 Å². The van der Waals surface area contributed by atoms with Gasteiger partial charge in [-0.1, -0.05) is 43.7 Å². The first-order chi connectivity index (χ1) is 14.2. The van der Waals surface area contributed by atoms with E-state index in [-0.39, 0.29) is 5.91 Å². The molecule has 0 saturated carbocycles. The van der Waals surface area contributed by atoms with Crippen LogP contribution in [0, 0.1) is 0 Å². The molecule has 1 fully saturated rings. The van der Waals surface area contributed by atoms with Gasteiger partial charge in [0.15, 0.2) is 6.10 Å². The van der Waals surface area contributed by atoms with Crippen molar-refractivity contribution in [2.75, 3.05) is 20.2 Å². The molecule has 2 aromatic rings. The Labute approximate surface area is 174 Å². The minimum Gasteiger partial charge on any atom is -0.497 e. The molecule has 1 amide bonds. The molecule has 0 spiro atoms. The number of rotatable bonds is 9. The predicted octanol–water partition coefficient (Wildman–Crippen LogP) is 4.15. The third kappa shape index (κ3) is 6.50. The molecular weight excluding hydrogens is 364 g/mol. The summed E-state index contributed by atoms with van der Waals surface area (Å²) in [5.41, 5.74) is 2.42. The van der Waals surface area contributed by atoms with Crippen molar-refractivity contribution in [2.24, 2.45) is 0 Å². The molecule has 2 aromatic carbocycles. The van der Waals surface area contributed by atoms with E-state index in [1.807, 2.05) is 25.1 Å². The lowest BCUT2D eigenvalue weighted by Crippen LogP contribution is -2.37. The first-order valence-electron chi connectivity index (χ1n) is 10.6. The lowest BCUT2D eigenvalue weighted by molar-refractivity contribution is -0.128. The fourth-order valence-corrected chi connectivity index (χ4v) is 3.60. The standard InChI is InChI=1S/C24H32N2O3/c1-3-23(29-22-9-7-8-21(16-22)28-2)24(27)25-17-19-10-12-20(13-11-19)18-26-14-5-4-6-15-26/h7-13,16,23H,3-6,14-15,17-18H2,1-2H3,(H,25,27)/t23-/m1/s1. The van der Waals surface area contributed by atoms with Gasteiger partial charge in [-0.05, 0) is 55.6 Å². The molecule has 5 heteroatoms. The maximum absolute atomic E-state index is 12.6. The highest BCUT2D eigenvalue weighted by atomic mass is 16.5. The molecule has 5 nitrogen and oxygen atoms in total. The number of ether oxygens (including phenoxy) is 2. The molecule has 0 bridgehead atoms. The van der Waals surface area contributed by atoms with Crippen molar-refractivity contribution in [1.29, 1.82) is 0 Å². The average Bonchev–Trinajstić information content (AvgIpc) is 2.77. The van der Waals surface area contributed by atoms with Gasteiger partial charge in [-0.3, -0.25) is 9.69 Å². The largest absolute Gasteiger partial charge is 0.497 e. The zero-order chi connectivity index (χ0) is 20.5. The van der Waals surface area contributed by atoms with E-state index in [1.165, 1.54) is 37.9 Å². The number of benzene rings is 2. The summed E-state index contributed by atoms with van der Waals surface area (Å²) >= 11 is 0. The molecule has 1 aliphatic rings. The predicted molar refractivity (Wildman–Crippen MR) is 115 cm³/mol. The highest BCUT2D eigenvalue weighted by Crippen LogP contribution is 2.21. The molecule has 156 valence electrons. The van der Waals surface area contributed by atoms with Crippen molar-refractivity contribution >= 4 is 5.91 Å². The van der Waals surface area contributed by atoms with Crippen LogP contribution in [0.5, 0.6) is 11.5 Å². The van der Waals surface area contributed by atoms with E-state index in [0.717, 1.165) is 12.1 Å². The molecule has 0 radical (unpaired) electrons. The molecule has 29 heavy (non-hydrogen) atoms. The number of likely N-dealkylation sites (tertiary alicyclic amines) is 1. The lowest BCUT2D eigenvalue weighted by atomic mass is 10.1. The topological polar surface area (TPSA) is 50.8 Å². The maximum atomic E-state index is 12.6. The van der Waals surface area contributed by atoms with E-state index in [9.17, 15) is 4.79 Å². The SMILES string of the molecule is CC[C@@H](Oc1cccc(OC)c1)C(=O)NCc1ccc(CN2CCCCC2)cc1. The third-order valence-electron chi connectivity index (χ3n) is 5.33. The molecule has 0 aromatic heterocycles. The van der Waals surface area contributed by atoms with Crippen LogP contribution in [0.4, 0.5) is 0 Å². The Morgan fingerprint density at radius 2 is 1.72 bits per heavy atom. The van der Waals surface area contributed by atoms with Crippen LogP contribution in [0.15, 0.2) is 48.5 Å². The number of hydrogen-bond donors (Lipinski definition) is 1. The highest BCUT2D eigenvalue weighted by Gasteiger charge is 2.18. The summed E-state index contributed by atoms with van der Waals surface area (Å²) in [4.78, 5) is 15.1. The second-order valence-corrected chi connectivity index (χ2v) is 7.56. The maximum Gasteiger partial charge on any atom is 0.261 e. The summed E-state index contributed by atoms with van der Waals surface area (Å²) in [6.45, 7) is 5.85. The molecule has 1 N–H and O–H groups in total. The van der Waals surface area contributed by atoms with E-state index in [1.54, 1.807) is 13.2 Å². The first-order valence-corrected chi connectivity index (χ1v) is 10.6. The van der Waals surface area contributed by atoms with Gasteiger partial charge in [0.25, 0.3) is 5.91 Å². The van der Waals surface area contributed by atoms with Crippen LogP contribution < -0.4 is 14.8 Å². The summed E-state index contributed by atoms with van der Waals surface area (Å²) in [7, 11) is 1.61. The van der Waals surface area contributed by atoms with Crippen LogP contribution in [0.3, 0.4) is 0 Å². The summed E-state index contributed by atoms with van der Waals surface area (Å²) in [6, 6.07) is 15.9. The number of carbonyl (C=O) groups excluding carboxylic acids is 1. The third-order valence-corrected chi connectivity index (χ3v) is 5.33. The second kappa shape index (κ2) is 10.9. The normalized spacial score (nSPS) is 15.5. The van der Waals surface area contributed by atoms with Gasteiger partial charge < -0.3 is 14.8 Å². The van der Waals surface area contributed by atoms with Gasteiger partial charge in [0, 0.05) is 19.2 Å². The zero-order valence-corrected chi connectivity index (χ0v) is 17.5. The van der Waals surface area contributed by atoms with E-state index < -0.39 is 6.10 Å². The van der Waals surface area contributed by atoms with Crippen molar-refractivity contribution in [3.8, 4) is 11.5 Å². The fraction of sp³-hybridized carbons (Fsp3) is 0.458. The number of nitrogens with zero attached hydrogens (tertiary/aromatic N) is 1.